The Morgan fingerprint density at radius 2 is 2.15 bits per heavy atom. The zero-order valence-corrected chi connectivity index (χ0v) is 12.7. The lowest BCUT2D eigenvalue weighted by Crippen LogP contribution is -2.44. The highest BCUT2D eigenvalue weighted by molar-refractivity contribution is 5.79. The molecule has 1 heterocycles. The number of hydrogen-bond donors (Lipinski definition) is 2. The first-order valence-electron chi connectivity index (χ1n) is 7.55. The van der Waals surface area contributed by atoms with E-state index in [1.165, 1.54) is 25.7 Å². The summed E-state index contributed by atoms with van der Waals surface area (Å²) in [5, 5.41) is 10.7. The molecule has 0 bridgehead atoms. The summed E-state index contributed by atoms with van der Waals surface area (Å²) >= 11 is 0. The second-order valence-electron chi connectivity index (χ2n) is 5.92. The third-order valence-corrected chi connectivity index (χ3v) is 4.21. The van der Waals surface area contributed by atoms with E-state index in [1.54, 1.807) is 13.3 Å². The van der Waals surface area contributed by atoms with E-state index in [9.17, 15) is 0 Å². The predicted octanol–water partition coefficient (Wildman–Crippen LogP) is 2.55. The molecular formula is C15H26N4O. The van der Waals surface area contributed by atoms with Gasteiger partial charge in [0.05, 0.1) is 6.54 Å². The van der Waals surface area contributed by atoms with E-state index >= 15 is 0 Å². The van der Waals surface area contributed by atoms with Crippen LogP contribution in [0.4, 0.5) is 0 Å². The Morgan fingerprint density at radius 1 is 1.40 bits per heavy atom. The second-order valence-corrected chi connectivity index (χ2v) is 5.92. The van der Waals surface area contributed by atoms with Gasteiger partial charge in [-0.25, -0.2) is 0 Å². The number of guanidine groups is 1. The summed E-state index contributed by atoms with van der Waals surface area (Å²) in [5.41, 5.74) is 0.886. The molecule has 0 aliphatic heterocycles. The minimum atomic E-state index is 0.536. The van der Waals surface area contributed by atoms with Crippen LogP contribution in [-0.4, -0.2) is 24.2 Å². The van der Waals surface area contributed by atoms with Crippen molar-refractivity contribution in [2.24, 2.45) is 16.8 Å². The molecule has 1 aliphatic carbocycles. The molecule has 1 fully saturated rings. The van der Waals surface area contributed by atoms with E-state index in [0.29, 0.717) is 12.6 Å². The van der Waals surface area contributed by atoms with E-state index in [4.69, 9.17) is 4.52 Å². The fraction of sp³-hybridized carbons (Fsp3) is 0.733. The van der Waals surface area contributed by atoms with Crippen LogP contribution in [0.1, 0.15) is 45.2 Å². The summed E-state index contributed by atoms with van der Waals surface area (Å²) in [5.74, 6) is 2.54. The monoisotopic (exact) mass is 278 g/mol. The third kappa shape index (κ3) is 4.25. The Balaban J connectivity index is 1.74. The van der Waals surface area contributed by atoms with Crippen molar-refractivity contribution in [2.75, 3.05) is 7.05 Å². The van der Waals surface area contributed by atoms with Gasteiger partial charge in [0.1, 0.15) is 12.0 Å². The maximum Gasteiger partial charge on any atom is 0.191 e. The van der Waals surface area contributed by atoms with Gasteiger partial charge in [-0.2, -0.15) is 0 Å². The second kappa shape index (κ2) is 7.31. The fourth-order valence-corrected chi connectivity index (χ4v) is 2.82. The normalized spacial score (nSPS) is 23.9. The molecule has 0 unspecified atom stereocenters. The number of aliphatic imine (C=N–C) groups is 1. The lowest BCUT2D eigenvalue weighted by molar-refractivity contribution is 0.250. The third-order valence-electron chi connectivity index (χ3n) is 4.21. The minimum absolute atomic E-state index is 0.536. The van der Waals surface area contributed by atoms with Crippen LogP contribution in [0.25, 0.3) is 0 Å². The van der Waals surface area contributed by atoms with Gasteiger partial charge in [-0.3, -0.25) is 4.99 Å². The maximum atomic E-state index is 4.81. The van der Waals surface area contributed by atoms with E-state index in [2.05, 4.69) is 34.6 Å². The van der Waals surface area contributed by atoms with E-state index in [1.807, 2.05) is 6.07 Å². The minimum Gasteiger partial charge on any atom is -0.364 e. The van der Waals surface area contributed by atoms with Crippen LogP contribution in [0, 0.1) is 11.8 Å². The highest BCUT2D eigenvalue weighted by Crippen LogP contribution is 2.29. The Hall–Kier alpha value is -1.52. The molecule has 0 amide bonds. The van der Waals surface area contributed by atoms with Gasteiger partial charge in [-0.05, 0) is 37.5 Å². The van der Waals surface area contributed by atoms with Gasteiger partial charge in [-0.1, -0.05) is 19.0 Å². The lowest BCUT2D eigenvalue weighted by atomic mass is 9.80. The highest BCUT2D eigenvalue weighted by atomic mass is 16.5. The largest absolute Gasteiger partial charge is 0.364 e. The van der Waals surface area contributed by atoms with Crippen LogP contribution in [0.15, 0.2) is 21.8 Å². The molecule has 1 saturated carbocycles. The highest BCUT2D eigenvalue weighted by Gasteiger charge is 2.23. The van der Waals surface area contributed by atoms with E-state index < -0.39 is 0 Å². The molecule has 0 saturated heterocycles. The molecule has 0 atom stereocenters. The Morgan fingerprint density at radius 3 is 2.70 bits per heavy atom. The summed E-state index contributed by atoms with van der Waals surface area (Å²) in [7, 11) is 1.80. The average molecular weight is 278 g/mol. The van der Waals surface area contributed by atoms with Crippen LogP contribution in [0.3, 0.4) is 0 Å². The molecule has 2 N–H and O–H groups in total. The lowest BCUT2D eigenvalue weighted by Gasteiger charge is -2.32. The first kappa shape index (κ1) is 14.9. The molecule has 0 radical (unpaired) electrons. The number of nitrogens with zero attached hydrogens (tertiary/aromatic N) is 2. The van der Waals surface area contributed by atoms with Crippen LogP contribution in [-0.2, 0) is 6.54 Å². The Labute approximate surface area is 121 Å². The molecule has 5 nitrogen and oxygen atoms in total. The molecule has 5 heteroatoms. The van der Waals surface area contributed by atoms with Crippen molar-refractivity contribution < 1.29 is 4.52 Å². The number of rotatable bonds is 4. The number of nitrogens with one attached hydrogen (secondary N) is 2. The van der Waals surface area contributed by atoms with Gasteiger partial charge < -0.3 is 15.2 Å². The zero-order chi connectivity index (χ0) is 14.4. The SMILES string of the molecule is CN=C(NCc1ccon1)NC1CCC(C(C)C)CC1. The van der Waals surface area contributed by atoms with Crippen molar-refractivity contribution in [3.8, 4) is 0 Å². The van der Waals surface area contributed by atoms with Crippen LogP contribution >= 0.6 is 0 Å². The first-order chi connectivity index (χ1) is 9.69. The Bertz CT molecular complexity index is 406. The van der Waals surface area contributed by atoms with Gasteiger partial charge >= 0.3 is 0 Å². The smallest absolute Gasteiger partial charge is 0.191 e. The van der Waals surface area contributed by atoms with Crippen molar-refractivity contribution in [2.45, 2.75) is 52.1 Å². The van der Waals surface area contributed by atoms with Gasteiger partial charge in [0.25, 0.3) is 0 Å². The molecular weight excluding hydrogens is 252 g/mol. The molecule has 1 aromatic heterocycles. The molecule has 1 aliphatic rings. The molecule has 0 aromatic carbocycles. The molecule has 2 rings (SSSR count). The summed E-state index contributed by atoms with van der Waals surface area (Å²) in [6.45, 7) is 5.30. The molecule has 20 heavy (non-hydrogen) atoms. The van der Waals surface area contributed by atoms with Crippen LogP contribution in [0.5, 0.6) is 0 Å². The molecule has 0 spiro atoms. The summed E-state index contributed by atoms with van der Waals surface area (Å²) in [4.78, 5) is 4.27. The maximum absolute atomic E-state index is 4.81. The van der Waals surface area contributed by atoms with Gasteiger partial charge in [0, 0.05) is 19.2 Å². The number of aromatic nitrogens is 1. The summed E-state index contributed by atoms with van der Waals surface area (Å²) < 4.78 is 4.81. The molecule has 112 valence electrons. The van der Waals surface area contributed by atoms with Crippen molar-refractivity contribution in [1.82, 2.24) is 15.8 Å². The summed E-state index contributed by atoms with van der Waals surface area (Å²) in [6.07, 6.45) is 6.67. The van der Waals surface area contributed by atoms with Gasteiger partial charge in [0.15, 0.2) is 5.96 Å². The Kier molecular flexibility index (Phi) is 5.44. The van der Waals surface area contributed by atoms with Gasteiger partial charge in [0.2, 0.25) is 0 Å². The topological polar surface area (TPSA) is 62.5 Å². The van der Waals surface area contributed by atoms with E-state index in [-0.39, 0.29) is 0 Å². The van der Waals surface area contributed by atoms with Crippen molar-refractivity contribution in [3.63, 3.8) is 0 Å². The first-order valence-corrected chi connectivity index (χ1v) is 7.55. The molecule has 1 aromatic rings. The number of hydrogen-bond acceptors (Lipinski definition) is 3. The van der Waals surface area contributed by atoms with Crippen molar-refractivity contribution in [1.29, 1.82) is 0 Å². The zero-order valence-electron chi connectivity index (χ0n) is 12.7. The van der Waals surface area contributed by atoms with Crippen molar-refractivity contribution >= 4 is 5.96 Å². The average Bonchev–Trinajstić information content (AvgIpc) is 2.97. The standard InChI is InChI=1S/C15H26N4O/c1-11(2)12-4-6-13(7-5-12)18-15(16-3)17-10-14-8-9-20-19-14/h8-9,11-13H,4-7,10H2,1-3H3,(H2,16,17,18). The quantitative estimate of drug-likeness (QED) is 0.656. The van der Waals surface area contributed by atoms with Gasteiger partial charge in [-0.15, -0.1) is 0 Å². The van der Waals surface area contributed by atoms with E-state index in [0.717, 1.165) is 23.5 Å². The predicted molar refractivity (Wildman–Crippen MR) is 80.4 cm³/mol. The summed E-state index contributed by atoms with van der Waals surface area (Å²) in [6, 6.07) is 2.39. The van der Waals surface area contributed by atoms with Crippen molar-refractivity contribution in [3.05, 3.63) is 18.0 Å². The van der Waals surface area contributed by atoms with Crippen LogP contribution in [0.2, 0.25) is 0 Å². The van der Waals surface area contributed by atoms with Crippen LogP contribution < -0.4 is 10.6 Å². The fourth-order valence-electron chi connectivity index (χ4n) is 2.82.